The van der Waals surface area contributed by atoms with Crippen LogP contribution in [0.15, 0.2) is 24.3 Å². The number of aliphatic carboxylic acids is 2. The number of nitrogens with two attached hydrogens (primary N) is 1. The van der Waals surface area contributed by atoms with Gasteiger partial charge in [0.1, 0.15) is 0 Å². The highest BCUT2D eigenvalue weighted by Crippen LogP contribution is 2.10. The molecule has 0 heterocycles. The minimum Gasteiger partial charge on any atom is -0.549 e. The third-order valence-electron chi connectivity index (χ3n) is 1.99. The number of hydrogen-bond donors (Lipinski definition) is 1. The van der Waals surface area contributed by atoms with Crippen molar-refractivity contribution < 1.29 is 19.8 Å². The van der Waals surface area contributed by atoms with E-state index in [0.717, 1.165) is 0 Å². The first-order valence-electron chi connectivity index (χ1n) is 4.27. The summed E-state index contributed by atoms with van der Waals surface area (Å²) < 4.78 is 0. The summed E-state index contributed by atoms with van der Waals surface area (Å²) in [6.45, 7) is 0. The summed E-state index contributed by atoms with van der Waals surface area (Å²) in [4.78, 5) is 20.9. The average Bonchev–Trinajstić information content (AvgIpc) is 2.15. The van der Waals surface area contributed by atoms with Crippen LogP contribution in [-0.2, 0) is 16.0 Å². The maximum absolute atomic E-state index is 10.5. The van der Waals surface area contributed by atoms with Crippen LogP contribution in [0, 0.1) is 5.92 Å². The minimum atomic E-state index is -1.65. The minimum absolute atomic E-state index is 0.162. The smallest absolute Gasteiger partial charge is 0.0504 e. The molecule has 0 aromatic heterocycles. The molecule has 0 bridgehead atoms. The second-order valence-corrected chi connectivity index (χ2v) is 3.14. The Labute approximate surface area is 86.1 Å². The van der Waals surface area contributed by atoms with Gasteiger partial charge in [0.05, 0.1) is 11.9 Å². The molecule has 1 aromatic rings. The van der Waals surface area contributed by atoms with E-state index in [0.29, 0.717) is 11.3 Å². The molecule has 0 fully saturated rings. The molecule has 0 aliphatic carbocycles. The van der Waals surface area contributed by atoms with Crippen molar-refractivity contribution in [3.05, 3.63) is 29.8 Å². The summed E-state index contributed by atoms with van der Waals surface area (Å²) in [5, 5.41) is 20.9. The highest BCUT2D eigenvalue weighted by molar-refractivity contribution is 5.91. The maximum atomic E-state index is 10.5. The van der Waals surface area contributed by atoms with Crippen LogP contribution in [0.5, 0.6) is 0 Å². The molecule has 5 nitrogen and oxygen atoms in total. The molecule has 15 heavy (non-hydrogen) atoms. The maximum Gasteiger partial charge on any atom is 0.0504 e. The number of rotatable bonds is 4. The molecule has 2 N–H and O–H groups in total. The number of anilines is 1. The van der Waals surface area contributed by atoms with Gasteiger partial charge in [-0.25, -0.2) is 0 Å². The number of carboxylic acid groups (broad SMARTS) is 2. The molecule has 0 aliphatic rings. The first kappa shape index (κ1) is 11.0. The van der Waals surface area contributed by atoms with E-state index in [4.69, 9.17) is 5.73 Å². The van der Waals surface area contributed by atoms with E-state index in [1.165, 1.54) is 0 Å². The number of carbonyl (C=O) groups excluding carboxylic acids is 2. The van der Waals surface area contributed by atoms with Gasteiger partial charge in [-0.1, -0.05) is 12.1 Å². The van der Waals surface area contributed by atoms with Crippen LogP contribution < -0.4 is 15.9 Å². The van der Waals surface area contributed by atoms with Crippen molar-refractivity contribution in [2.45, 2.75) is 6.42 Å². The zero-order valence-corrected chi connectivity index (χ0v) is 7.80. The van der Waals surface area contributed by atoms with Gasteiger partial charge in [-0.05, 0) is 24.1 Å². The molecule has 0 aliphatic heterocycles. The number of benzene rings is 1. The molecule has 0 saturated carbocycles. The Balaban J connectivity index is 2.79. The molecule has 0 spiro atoms. The number of hydrogen-bond acceptors (Lipinski definition) is 5. The van der Waals surface area contributed by atoms with Gasteiger partial charge in [0, 0.05) is 11.6 Å². The Bertz CT molecular complexity index is 358. The predicted octanol–water partition coefficient (Wildman–Crippen LogP) is -2.07. The van der Waals surface area contributed by atoms with Crippen LogP contribution in [0.4, 0.5) is 5.69 Å². The number of carbonyl (C=O) groups is 2. The predicted molar refractivity (Wildman–Crippen MR) is 48.1 cm³/mol. The lowest BCUT2D eigenvalue weighted by Crippen LogP contribution is -2.44. The molecule has 0 radical (unpaired) electrons. The summed E-state index contributed by atoms with van der Waals surface area (Å²) in [5.74, 6) is -4.92. The van der Waals surface area contributed by atoms with Gasteiger partial charge in [0.2, 0.25) is 0 Å². The summed E-state index contributed by atoms with van der Waals surface area (Å²) >= 11 is 0. The molecule has 0 atom stereocenters. The average molecular weight is 207 g/mol. The Morgan fingerprint density at radius 1 is 1.13 bits per heavy atom. The zero-order chi connectivity index (χ0) is 11.4. The van der Waals surface area contributed by atoms with E-state index in [9.17, 15) is 19.8 Å². The van der Waals surface area contributed by atoms with Crippen LogP contribution in [-0.4, -0.2) is 11.9 Å². The van der Waals surface area contributed by atoms with Crippen molar-refractivity contribution >= 4 is 17.6 Å². The Kier molecular flexibility index (Phi) is 3.28. The standard InChI is InChI=1S/C10H11NO4/c11-7-3-1-6(2-4-7)5-8(9(12)13)10(14)15/h1-4,8H,5,11H2,(H,12,13)(H,14,15)/p-2. The van der Waals surface area contributed by atoms with Gasteiger partial charge < -0.3 is 25.5 Å². The Morgan fingerprint density at radius 3 is 2.00 bits per heavy atom. The van der Waals surface area contributed by atoms with Crippen LogP contribution in [0.3, 0.4) is 0 Å². The van der Waals surface area contributed by atoms with Crippen LogP contribution in [0.2, 0.25) is 0 Å². The first-order valence-corrected chi connectivity index (χ1v) is 4.27. The summed E-state index contributed by atoms with van der Waals surface area (Å²) in [7, 11) is 0. The third kappa shape index (κ3) is 2.98. The topological polar surface area (TPSA) is 106 Å². The summed E-state index contributed by atoms with van der Waals surface area (Å²) in [6.07, 6.45) is -0.162. The van der Waals surface area contributed by atoms with Gasteiger partial charge in [-0.15, -0.1) is 0 Å². The fourth-order valence-electron chi connectivity index (χ4n) is 1.15. The SMILES string of the molecule is Nc1ccc(CC(C(=O)[O-])C(=O)[O-])cc1. The van der Waals surface area contributed by atoms with Crippen LogP contribution in [0.1, 0.15) is 5.56 Å². The third-order valence-corrected chi connectivity index (χ3v) is 1.99. The summed E-state index contributed by atoms with van der Waals surface area (Å²) in [5.41, 5.74) is 6.50. The first-order chi connectivity index (χ1) is 7.00. The van der Waals surface area contributed by atoms with Gasteiger partial charge in [-0.2, -0.15) is 0 Å². The van der Waals surface area contributed by atoms with Gasteiger partial charge in [0.15, 0.2) is 0 Å². The highest BCUT2D eigenvalue weighted by Gasteiger charge is 2.11. The van der Waals surface area contributed by atoms with E-state index in [1.807, 2.05) is 0 Å². The molecular formula is C10H9NO4-2. The molecule has 0 unspecified atom stereocenters. The fourth-order valence-corrected chi connectivity index (χ4v) is 1.15. The molecule has 5 heteroatoms. The number of carboxylic acids is 2. The van der Waals surface area contributed by atoms with E-state index in [-0.39, 0.29) is 6.42 Å². The van der Waals surface area contributed by atoms with Crippen LogP contribution >= 0.6 is 0 Å². The van der Waals surface area contributed by atoms with Crippen molar-refractivity contribution in [1.82, 2.24) is 0 Å². The Morgan fingerprint density at radius 2 is 1.60 bits per heavy atom. The highest BCUT2D eigenvalue weighted by atomic mass is 16.4. The lowest BCUT2D eigenvalue weighted by Gasteiger charge is -2.18. The van der Waals surface area contributed by atoms with Gasteiger partial charge >= 0.3 is 0 Å². The van der Waals surface area contributed by atoms with Crippen LogP contribution in [0.25, 0.3) is 0 Å². The van der Waals surface area contributed by atoms with Crippen molar-refractivity contribution in [2.24, 2.45) is 5.92 Å². The molecule has 1 rings (SSSR count). The van der Waals surface area contributed by atoms with Crippen molar-refractivity contribution in [1.29, 1.82) is 0 Å². The lowest BCUT2D eigenvalue weighted by molar-refractivity contribution is -0.331. The van der Waals surface area contributed by atoms with E-state index >= 15 is 0 Å². The van der Waals surface area contributed by atoms with E-state index < -0.39 is 17.9 Å². The Hall–Kier alpha value is -2.04. The van der Waals surface area contributed by atoms with E-state index in [1.54, 1.807) is 24.3 Å². The van der Waals surface area contributed by atoms with Gasteiger partial charge in [0.25, 0.3) is 0 Å². The normalized spacial score (nSPS) is 10.2. The molecule has 1 aromatic carbocycles. The number of nitrogen functional groups attached to an aromatic ring is 1. The second kappa shape index (κ2) is 4.45. The monoisotopic (exact) mass is 207 g/mol. The van der Waals surface area contributed by atoms with Crippen molar-refractivity contribution in [3.8, 4) is 0 Å². The lowest BCUT2D eigenvalue weighted by atomic mass is 9.99. The molecule has 0 amide bonds. The van der Waals surface area contributed by atoms with E-state index in [2.05, 4.69) is 0 Å². The van der Waals surface area contributed by atoms with Crippen molar-refractivity contribution in [3.63, 3.8) is 0 Å². The quantitative estimate of drug-likeness (QED) is 0.450. The molecular weight excluding hydrogens is 198 g/mol. The second-order valence-electron chi connectivity index (χ2n) is 3.14. The largest absolute Gasteiger partial charge is 0.549 e. The fraction of sp³-hybridized carbons (Fsp3) is 0.200. The molecule has 80 valence electrons. The van der Waals surface area contributed by atoms with Gasteiger partial charge in [-0.3, -0.25) is 0 Å². The molecule has 0 saturated heterocycles. The summed E-state index contributed by atoms with van der Waals surface area (Å²) in [6, 6.07) is 6.26. The van der Waals surface area contributed by atoms with Crippen molar-refractivity contribution in [2.75, 3.05) is 5.73 Å². The zero-order valence-electron chi connectivity index (χ0n) is 7.80.